The number of benzene rings is 2. The van der Waals surface area contributed by atoms with E-state index in [-0.39, 0.29) is 63.0 Å². The van der Waals surface area contributed by atoms with Crippen LogP contribution >= 0.6 is 0 Å². The largest absolute Gasteiger partial charge is 0.416 e. The molecule has 0 aromatic heterocycles. The van der Waals surface area contributed by atoms with Gasteiger partial charge >= 0.3 is 24.2 Å². The Kier molecular flexibility index (Phi) is 10.0. The van der Waals surface area contributed by atoms with E-state index >= 15 is 0 Å². The van der Waals surface area contributed by atoms with E-state index in [0.717, 1.165) is 4.90 Å². The van der Waals surface area contributed by atoms with Crippen LogP contribution in [-0.4, -0.2) is 71.6 Å². The molecule has 2 heterocycles. The van der Waals surface area contributed by atoms with E-state index in [0.29, 0.717) is 23.3 Å². The number of carbonyl (C=O) groups is 4. The molecular formula is C31H33F7N4O4. The van der Waals surface area contributed by atoms with E-state index in [1.165, 1.54) is 30.1 Å². The molecule has 2 aliphatic heterocycles. The van der Waals surface area contributed by atoms with E-state index in [9.17, 15) is 49.9 Å². The molecule has 0 radical (unpaired) electrons. The zero-order valence-electron chi connectivity index (χ0n) is 25.1. The first kappa shape index (κ1) is 34.7. The molecule has 4 amide bonds. The molecule has 0 bridgehead atoms. The highest BCUT2D eigenvalue weighted by Gasteiger charge is 2.41. The Balaban J connectivity index is 1.56. The number of hydrogen-bond donors (Lipinski definition) is 1. The van der Waals surface area contributed by atoms with Gasteiger partial charge in [0.05, 0.1) is 11.1 Å². The van der Waals surface area contributed by atoms with Crippen LogP contribution in [0.25, 0.3) is 0 Å². The Bertz CT molecular complexity index is 1470. The standard InChI is InChI=1S/C31H33F7N4O4/c1-17-11-22(32)3-4-23(17)25-16-42(27(44)19-5-8-41(9-6-19)29(46)26(39)43)10-7-24(25)28(45)40(2)15-18-12-20(30(33,34)35)14-21(13-18)31(36,37)38/h3-4,11-14,19,24-25H,5-10,15-16H2,1-2H3,(H2,39,43). The molecule has 46 heavy (non-hydrogen) atoms. The Hall–Kier alpha value is -4.17. The molecule has 2 aliphatic rings. The Labute approximate surface area is 260 Å². The first-order valence-corrected chi connectivity index (χ1v) is 14.5. The third-order valence-electron chi connectivity index (χ3n) is 8.66. The maximum Gasteiger partial charge on any atom is 0.416 e. The quantitative estimate of drug-likeness (QED) is 0.378. The number of halogens is 7. The van der Waals surface area contributed by atoms with Gasteiger partial charge in [0.25, 0.3) is 0 Å². The van der Waals surface area contributed by atoms with Crippen molar-refractivity contribution in [1.82, 2.24) is 14.7 Å². The van der Waals surface area contributed by atoms with Crippen molar-refractivity contribution in [2.45, 2.75) is 51.0 Å². The Morgan fingerprint density at radius 3 is 1.96 bits per heavy atom. The number of hydrogen-bond acceptors (Lipinski definition) is 4. The summed E-state index contributed by atoms with van der Waals surface area (Å²) in [5, 5.41) is 0. The first-order valence-electron chi connectivity index (χ1n) is 14.5. The lowest BCUT2D eigenvalue weighted by Gasteiger charge is -2.42. The van der Waals surface area contributed by atoms with E-state index in [4.69, 9.17) is 5.73 Å². The van der Waals surface area contributed by atoms with Crippen LogP contribution in [0, 0.1) is 24.6 Å². The number of nitrogens with zero attached hydrogens (tertiary/aromatic N) is 3. The lowest BCUT2D eigenvalue weighted by molar-refractivity contribution is -0.148. The summed E-state index contributed by atoms with van der Waals surface area (Å²) in [5.74, 6) is -5.16. The Morgan fingerprint density at radius 2 is 1.43 bits per heavy atom. The van der Waals surface area contributed by atoms with Crippen molar-refractivity contribution < 1.29 is 49.9 Å². The number of rotatable bonds is 5. The molecule has 0 saturated carbocycles. The average Bonchev–Trinajstić information content (AvgIpc) is 2.98. The molecule has 15 heteroatoms. The summed E-state index contributed by atoms with van der Waals surface area (Å²) in [6.45, 7) is 1.60. The third-order valence-corrected chi connectivity index (χ3v) is 8.66. The van der Waals surface area contributed by atoms with Gasteiger partial charge in [-0.3, -0.25) is 19.2 Å². The molecule has 2 N–H and O–H groups in total. The van der Waals surface area contributed by atoms with Crippen molar-refractivity contribution in [2.24, 2.45) is 17.6 Å². The van der Waals surface area contributed by atoms with Gasteiger partial charge in [0, 0.05) is 57.5 Å². The van der Waals surface area contributed by atoms with E-state index in [1.807, 2.05) is 0 Å². The zero-order valence-corrected chi connectivity index (χ0v) is 25.1. The molecule has 2 atom stereocenters. The molecule has 0 spiro atoms. The maximum absolute atomic E-state index is 14.0. The number of aryl methyl sites for hydroxylation is 1. The first-order chi connectivity index (χ1) is 21.4. The SMILES string of the molecule is Cc1cc(F)ccc1C1CN(C(=O)C2CCN(C(=O)C(N)=O)CC2)CCC1C(=O)N(C)Cc1cc(C(F)(F)F)cc(C(F)(F)F)c1. The second-order valence-corrected chi connectivity index (χ2v) is 11.8. The molecule has 8 nitrogen and oxygen atoms in total. The minimum atomic E-state index is -5.04. The summed E-state index contributed by atoms with van der Waals surface area (Å²) in [5.41, 5.74) is 2.81. The van der Waals surface area contributed by atoms with Crippen LogP contribution in [0.4, 0.5) is 30.7 Å². The summed E-state index contributed by atoms with van der Waals surface area (Å²) < 4.78 is 94.5. The summed E-state index contributed by atoms with van der Waals surface area (Å²) in [7, 11) is 1.28. The Morgan fingerprint density at radius 1 is 0.870 bits per heavy atom. The van der Waals surface area contributed by atoms with Crippen LogP contribution in [0.3, 0.4) is 0 Å². The number of carbonyl (C=O) groups excluding carboxylic acids is 4. The van der Waals surface area contributed by atoms with E-state index in [1.54, 1.807) is 11.8 Å². The summed E-state index contributed by atoms with van der Waals surface area (Å²) in [4.78, 5) is 54.4. The lowest BCUT2D eigenvalue weighted by atomic mass is 9.77. The van der Waals surface area contributed by atoms with Gasteiger partial charge in [0.1, 0.15) is 5.82 Å². The fourth-order valence-corrected chi connectivity index (χ4v) is 6.31. The number of likely N-dealkylation sites (tertiary alicyclic amines) is 2. The van der Waals surface area contributed by atoms with E-state index in [2.05, 4.69) is 0 Å². The maximum atomic E-state index is 14.0. The zero-order chi connectivity index (χ0) is 34.1. The van der Waals surface area contributed by atoms with Gasteiger partial charge < -0.3 is 20.4 Å². The molecular weight excluding hydrogens is 625 g/mol. The predicted molar refractivity (Wildman–Crippen MR) is 150 cm³/mol. The lowest BCUT2D eigenvalue weighted by Crippen LogP contribution is -2.51. The highest BCUT2D eigenvalue weighted by Crippen LogP contribution is 2.39. The molecule has 2 saturated heterocycles. The minimum Gasteiger partial charge on any atom is -0.361 e. The van der Waals surface area contributed by atoms with E-state index < -0.39 is 71.3 Å². The summed E-state index contributed by atoms with van der Waals surface area (Å²) in [6, 6.07) is 5.15. The molecule has 0 aliphatic carbocycles. The van der Waals surface area contributed by atoms with Crippen LogP contribution in [0.15, 0.2) is 36.4 Å². The number of amides is 4. The van der Waals surface area contributed by atoms with Crippen molar-refractivity contribution in [3.8, 4) is 0 Å². The summed E-state index contributed by atoms with van der Waals surface area (Å²) in [6.07, 6.45) is -9.38. The van der Waals surface area contributed by atoms with Crippen molar-refractivity contribution >= 4 is 23.6 Å². The fraction of sp³-hybridized carbons (Fsp3) is 0.484. The summed E-state index contributed by atoms with van der Waals surface area (Å²) >= 11 is 0. The molecule has 2 aromatic carbocycles. The second kappa shape index (κ2) is 13.3. The second-order valence-electron chi connectivity index (χ2n) is 11.8. The molecule has 2 aromatic rings. The highest BCUT2D eigenvalue weighted by atomic mass is 19.4. The molecule has 2 fully saturated rings. The third kappa shape index (κ3) is 7.79. The number of alkyl halides is 6. The number of nitrogens with two attached hydrogens (primary N) is 1. The van der Waals surface area contributed by atoms with Gasteiger partial charge in [-0.15, -0.1) is 0 Å². The van der Waals surface area contributed by atoms with Gasteiger partial charge in [0.2, 0.25) is 11.8 Å². The van der Waals surface area contributed by atoms with Gasteiger partial charge in [-0.2, -0.15) is 26.3 Å². The van der Waals surface area contributed by atoms with Crippen molar-refractivity contribution in [3.63, 3.8) is 0 Å². The van der Waals surface area contributed by atoms with Crippen LogP contribution in [0.1, 0.15) is 53.0 Å². The predicted octanol–water partition coefficient (Wildman–Crippen LogP) is 4.49. The van der Waals surface area contributed by atoms with Gasteiger partial charge in [-0.05, 0) is 73.2 Å². The van der Waals surface area contributed by atoms with Gasteiger partial charge in [0.15, 0.2) is 0 Å². The fourth-order valence-electron chi connectivity index (χ4n) is 6.31. The topological polar surface area (TPSA) is 104 Å². The molecule has 2 unspecified atom stereocenters. The van der Waals surface area contributed by atoms with Crippen LogP contribution in [-0.2, 0) is 38.1 Å². The molecule has 250 valence electrons. The number of piperidine rings is 2. The smallest absolute Gasteiger partial charge is 0.361 e. The van der Waals surface area contributed by atoms with Crippen LogP contribution in [0.5, 0.6) is 0 Å². The van der Waals surface area contributed by atoms with Crippen molar-refractivity contribution in [2.75, 3.05) is 33.2 Å². The minimum absolute atomic E-state index is 0.0187. The molecule has 4 rings (SSSR count). The monoisotopic (exact) mass is 658 g/mol. The normalized spacial score (nSPS) is 19.6. The van der Waals surface area contributed by atoms with Crippen LogP contribution < -0.4 is 5.73 Å². The van der Waals surface area contributed by atoms with Crippen molar-refractivity contribution in [1.29, 1.82) is 0 Å². The van der Waals surface area contributed by atoms with Gasteiger partial charge in [-0.1, -0.05) is 6.07 Å². The van der Waals surface area contributed by atoms with Crippen molar-refractivity contribution in [3.05, 3.63) is 70.0 Å². The van der Waals surface area contributed by atoms with Gasteiger partial charge in [-0.25, -0.2) is 4.39 Å². The number of primary amides is 1. The average molecular weight is 659 g/mol. The highest BCUT2D eigenvalue weighted by molar-refractivity contribution is 6.34. The van der Waals surface area contributed by atoms with Crippen LogP contribution in [0.2, 0.25) is 0 Å².